The Balaban J connectivity index is 2.66. The number of aromatic nitrogens is 3. The maximum Gasteiger partial charge on any atom is 0.196 e. The van der Waals surface area contributed by atoms with Gasteiger partial charge in [0.1, 0.15) is 11.5 Å². The van der Waals surface area contributed by atoms with Crippen molar-refractivity contribution in [2.24, 2.45) is 0 Å². The van der Waals surface area contributed by atoms with E-state index in [0.717, 1.165) is 0 Å². The van der Waals surface area contributed by atoms with Crippen molar-refractivity contribution in [1.29, 1.82) is 0 Å². The Labute approximate surface area is 99.2 Å². The number of rotatable bonds is 2. The van der Waals surface area contributed by atoms with Gasteiger partial charge in [0.15, 0.2) is 17.9 Å². The third-order valence-corrected chi connectivity index (χ3v) is 2.62. The van der Waals surface area contributed by atoms with Gasteiger partial charge in [-0.1, -0.05) is 6.07 Å². The van der Waals surface area contributed by atoms with Gasteiger partial charge in [-0.15, -0.1) is 0 Å². The molecule has 0 fully saturated rings. The molecule has 0 saturated carbocycles. The molecular weight excluding hydrogens is 277 g/mol. The predicted molar refractivity (Wildman–Crippen MR) is 59.1 cm³/mol. The summed E-state index contributed by atoms with van der Waals surface area (Å²) >= 11 is 3.07. The number of hydrogen-bond acceptors (Lipinski definition) is 3. The van der Waals surface area contributed by atoms with Crippen LogP contribution in [0.5, 0.6) is 0 Å². The molecule has 1 heterocycles. The maximum atomic E-state index is 13.8. The summed E-state index contributed by atoms with van der Waals surface area (Å²) in [5.41, 5.74) is 0.192. The average molecular weight is 284 g/mol. The second-order valence-corrected chi connectivity index (χ2v) is 3.97. The molecule has 0 bridgehead atoms. The fourth-order valence-corrected chi connectivity index (χ4v) is 1.70. The van der Waals surface area contributed by atoms with E-state index in [9.17, 15) is 9.18 Å². The molecule has 0 aliphatic rings. The van der Waals surface area contributed by atoms with Gasteiger partial charge in [-0.05, 0) is 35.0 Å². The minimum atomic E-state index is -0.476. The normalized spacial score (nSPS) is 10.4. The zero-order valence-corrected chi connectivity index (χ0v) is 9.90. The first-order chi connectivity index (χ1) is 7.63. The van der Waals surface area contributed by atoms with Crippen LogP contribution in [0.3, 0.4) is 0 Å². The van der Waals surface area contributed by atoms with E-state index in [1.54, 1.807) is 19.1 Å². The monoisotopic (exact) mass is 283 g/mol. The second-order valence-electron chi connectivity index (χ2n) is 3.12. The molecule has 0 aliphatic carbocycles. The van der Waals surface area contributed by atoms with Crippen LogP contribution >= 0.6 is 15.9 Å². The molecular formula is C10H7BrFN3O. The van der Waals surface area contributed by atoms with Crippen LogP contribution in [0.1, 0.15) is 16.4 Å². The lowest BCUT2D eigenvalue weighted by atomic mass is 10.3. The molecule has 4 nitrogen and oxygen atoms in total. The summed E-state index contributed by atoms with van der Waals surface area (Å²) in [6.07, 6.45) is 0.542. The van der Waals surface area contributed by atoms with Gasteiger partial charge in [0.05, 0.1) is 4.47 Å². The first kappa shape index (κ1) is 10.9. The second kappa shape index (κ2) is 4.13. The molecule has 0 atom stereocenters. The van der Waals surface area contributed by atoms with Gasteiger partial charge in [-0.2, -0.15) is 5.10 Å². The standard InChI is InChI=1S/C10H7BrFN3O/c1-6-13-9(5-16)15(14-6)8-4-2-3-7(11)10(8)12/h2-5H,1H3. The maximum absolute atomic E-state index is 13.8. The van der Waals surface area contributed by atoms with Crippen LogP contribution in [-0.4, -0.2) is 21.1 Å². The molecule has 2 aromatic rings. The SMILES string of the molecule is Cc1nc(C=O)n(-c2cccc(Br)c2F)n1. The molecule has 0 amide bonds. The number of hydrogen-bond donors (Lipinski definition) is 0. The highest BCUT2D eigenvalue weighted by Gasteiger charge is 2.13. The molecule has 0 spiro atoms. The van der Waals surface area contributed by atoms with Gasteiger partial charge in [0.25, 0.3) is 0 Å². The van der Waals surface area contributed by atoms with Crippen molar-refractivity contribution in [2.75, 3.05) is 0 Å². The van der Waals surface area contributed by atoms with E-state index in [-0.39, 0.29) is 11.5 Å². The molecule has 0 aliphatic heterocycles. The van der Waals surface area contributed by atoms with E-state index in [2.05, 4.69) is 26.0 Å². The number of nitrogens with zero attached hydrogens (tertiary/aromatic N) is 3. The third-order valence-electron chi connectivity index (χ3n) is 2.00. The smallest absolute Gasteiger partial charge is 0.196 e. The Hall–Kier alpha value is -1.56. The molecule has 0 unspecified atom stereocenters. The van der Waals surface area contributed by atoms with Crippen LogP contribution in [0.4, 0.5) is 4.39 Å². The fraction of sp³-hybridized carbons (Fsp3) is 0.100. The Morgan fingerprint density at radius 1 is 1.50 bits per heavy atom. The molecule has 1 aromatic carbocycles. The molecule has 0 radical (unpaired) electrons. The summed E-state index contributed by atoms with van der Waals surface area (Å²) in [6, 6.07) is 4.76. The van der Waals surface area contributed by atoms with Crippen molar-refractivity contribution >= 4 is 22.2 Å². The van der Waals surface area contributed by atoms with Gasteiger partial charge < -0.3 is 0 Å². The van der Waals surface area contributed by atoms with Crippen LogP contribution < -0.4 is 0 Å². The van der Waals surface area contributed by atoms with E-state index in [1.165, 1.54) is 10.7 Å². The predicted octanol–water partition coefficient (Wildman–Crippen LogP) is 2.29. The number of aryl methyl sites for hydroxylation is 1. The number of carbonyl (C=O) groups excluding carboxylic acids is 1. The quantitative estimate of drug-likeness (QED) is 0.795. The van der Waals surface area contributed by atoms with Crippen LogP contribution in [-0.2, 0) is 0 Å². The minimum absolute atomic E-state index is 0.0782. The number of aldehydes is 1. The molecule has 6 heteroatoms. The largest absolute Gasteiger partial charge is 0.294 e. The van der Waals surface area contributed by atoms with Crippen molar-refractivity contribution in [1.82, 2.24) is 14.8 Å². The Morgan fingerprint density at radius 2 is 2.25 bits per heavy atom. The third kappa shape index (κ3) is 1.76. The molecule has 1 aromatic heterocycles. The van der Waals surface area contributed by atoms with Crippen molar-refractivity contribution in [3.8, 4) is 5.69 Å². The molecule has 0 N–H and O–H groups in total. The van der Waals surface area contributed by atoms with Gasteiger partial charge >= 0.3 is 0 Å². The lowest BCUT2D eigenvalue weighted by molar-refractivity contribution is 0.111. The van der Waals surface area contributed by atoms with Crippen LogP contribution in [0.25, 0.3) is 5.69 Å². The zero-order valence-electron chi connectivity index (χ0n) is 8.32. The average Bonchev–Trinajstić information content (AvgIpc) is 2.63. The first-order valence-electron chi connectivity index (χ1n) is 4.46. The Kier molecular flexibility index (Phi) is 2.82. The van der Waals surface area contributed by atoms with Gasteiger partial charge in [0, 0.05) is 0 Å². The van der Waals surface area contributed by atoms with Crippen LogP contribution in [0, 0.1) is 12.7 Å². The molecule has 82 valence electrons. The number of benzene rings is 1. The van der Waals surface area contributed by atoms with Gasteiger partial charge in [-0.3, -0.25) is 4.79 Å². The summed E-state index contributed by atoms with van der Waals surface area (Å²) in [5.74, 6) is 0.0199. The summed E-state index contributed by atoms with van der Waals surface area (Å²) in [7, 11) is 0. The van der Waals surface area contributed by atoms with Crippen LogP contribution in [0.2, 0.25) is 0 Å². The number of carbonyl (C=O) groups is 1. The molecule has 2 rings (SSSR count). The lowest BCUT2D eigenvalue weighted by Gasteiger charge is -2.04. The minimum Gasteiger partial charge on any atom is -0.294 e. The lowest BCUT2D eigenvalue weighted by Crippen LogP contribution is -2.04. The molecule has 0 saturated heterocycles. The van der Waals surface area contributed by atoms with E-state index >= 15 is 0 Å². The van der Waals surface area contributed by atoms with Crippen LogP contribution in [0.15, 0.2) is 22.7 Å². The van der Waals surface area contributed by atoms with Crippen molar-refractivity contribution in [3.05, 3.63) is 40.1 Å². The summed E-state index contributed by atoms with van der Waals surface area (Å²) in [5, 5.41) is 3.97. The Bertz CT molecular complexity index is 553. The topological polar surface area (TPSA) is 47.8 Å². The summed E-state index contributed by atoms with van der Waals surface area (Å²) in [4.78, 5) is 14.6. The number of halogens is 2. The Morgan fingerprint density at radius 3 is 2.94 bits per heavy atom. The summed E-state index contributed by atoms with van der Waals surface area (Å²) < 4.78 is 15.3. The van der Waals surface area contributed by atoms with E-state index in [1.807, 2.05) is 0 Å². The van der Waals surface area contributed by atoms with Crippen molar-refractivity contribution < 1.29 is 9.18 Å². The van der Waals surface area contributed by atoms with Crippen molar-refractivity contribution in [2.45, 2.75) is 6.92 Å². The van der Waals surface area contributed by atoms with Crippen molar-refractivity contribution in [3.63, 3.8) is 0 Å². The highest BCUT2D eigenvalue weighted by molar-refractivity contribution is 9.10. The highest BCUT2D eigenvalue weighted by Crippen LogP contribution is 2.21. The van der Waals surface area contributed by atoms with E-state index in [4.69, 9.17) is 0 Å². The zero-order chi connectivity index (χ0) is 11.7. The first-order valence-corrected chi connectivity index (χ1v) is 5.26. The van der Waals surface area contributed by atoms with E-state index < -0.39 is 5.82 Å². The van der Waals surface area contributed by atoms with Gasteiger partial charge in [0.2, 0.25) is 0 Å². The van der Waals surface area contributed by atoms with Gasteiger partial charge in [-0.25, -0.2) is 14.1 Å². The van der Waals surface area contributed by atoms with E-state index in [0.29, 0.717) is 16.6 Å². The molecule has 16 heavy (non-hydrogen) atoms. The fourth-order valence-electron chi connectivity index (χ4n) is 1.34. The highest BCUT2D eigenvalue weighted by atomic mass is 79.9. The summed E-state index contributed by atoms with van der Waals surface area (Å²) in [6.45, 7) is 1.64.